The number of likely N-dealkylation sites (N-methyl/N-ethyl adjacent to an activating group) is 1. The molecule has 2 aromatic rings. The third-order valence-corrected chi connectivity index (χ3v) is 4.49. The molecule has 0 fully saturated rings. The number of hydrogen-bond donors (Lipinski definition) is 1. The van der Waals surface area contributed by atoms with E-state index in [0.29, 0.717) is 23.1 Å². The Morgan fingerprint density at radius 2 is 1.96 bits per heavy atom. The summed E-state index contributed by atoms with van der Waals surface area (Å²) in [6.07, 6.45) is 3.45. The maximum Gasteiger partial charge on any atom is 0.270 e. The summed E-state index contributed by atoms with van der Waals surface area (Å²) in [6, 6.07) is 6.04. The summed E-state index contributed by atoms with van der Waals surface area (Å²) in [5.74, 6) is -0.492. The van der Waals surface area contributed by atoms with Crippen LogP contribution in [0.2, 0.25) is 0 Å². The van der Waals surface area contributed by atoms with E-state index in [1.54, 1.807) is 22.9 Å². The van der Waals surface area contributed by atoms with Gasteiger partial charge in [0.1, 0.15) is 11.5 Å². The fourth-order valence-electron chi connectivity index (χ4n) is 2.44. The second-order valence-corrected chi connectivity index (χ2v) is 6.00. The first kappa shape index (κ1) is 18.5. The van der Waals surface area contributed by atoms with E-state index in [9.17, 15) is 9.18 Å². The number of imidazole rings is 1. The van der Waals surface area contributed by atoms with Crippen LogP contribution in [0.25, 0.3) is 5.69 Å². The van der Waals surface area contributed by atoms with Gasteiger partial charge in [0.25, 0.3) is 5.91 Å². The number of carbonyl (C=O) groups is 1. The SMILES string of the molecule is CCN(CC)CCNC(=O)c1cnc(SC)n1-c1ccc(F)cc1. The lowest BCUT2D eigenvalue weighted by atomic mass is 10.3. The van der Waals surface area contributed by atoms with Crippen LogP contribution in [0.5, 0.6) is 0 Å². The predicted octanol–water partition coefficient (Wildman–Crippen LogP) is 2.80. The molecule has 0 aliphatic heterocycles. The van der Waals surface area contributed by atoms with Crippen molar-refractivity contribution in [3.8, 4) is 5.69 Å². The fourth-order valence-corrected chi connectivity index (χ4v) is 2.98. The van der Waals surface area contributed by atoms with E-state index >= 15 is 0 Å². The van der Waals surface area contributed by atoms with Crippen LogP contribution in [0.1, 0.15) is 24.3 Å². The van der Waals surface area contributed by atoms with Crippen molar-refractivity contribution in [3.05, 3.63) is 42.0 Å². The molecule has 0 atom stereocenters. The number of nitrogens with one attached hydrogen (secondary N) is 1. The molecule has 0 saturated carbocycles. The molecular formula is C17H23FN4OS. The Morgan fingerprint density at radius 1 is 1.29 bits per heavy atom. The Bertz CT molecular complexity index is 668. The van der Waals surface area contributed by atoms with Crippen LogP contribution in [0.15, 0.2) is 35.6 Å². The van der Waals surface area contributed by atoms with Crippen LogP contribution in [0.3, 0.4) is 0 Å². The third kappa shape index (κ3) is 4.36. The summed E-state index contributed by atoms with van der Waals surface area (Å²) in [6.45, 7) is 7.48. The van der Waals surface area contributed by atoms with Crippen molar-refractivity contribution in [3.63, 3.8) is 0 Å². The number of carbonyl (C=O) groups excluding carboxylic acids is 1. The van der Waals surface area contributed by atoms with Gasteiger partial charge in [-0.25, -0.2) is 9.37 Å². The second kappa shape index (κ2) is 8.84. The standard InChI is InChI=1S/C17H23FN4OS/c1-4-21(5-2)11-10-19-16(23)15-12-20-17(24-3)22(15)14-8-6-13(18)7-9-14/h6-9,12H,4-5,10-11H2,1-3H3,(H,19,23). The van der Waals surface area contributed by atoms with Crippen LogP contribution in [-0.4, -0.2) is 52.8 Å². The molecular weight excluding hydrogens is 327 g/mol. The molecule has 1 N–H and O–H groups in total. The highest BCUT2D eigenvalue weighted by molar-refractivity contribution is 7.98. The third-order valence-electron chi connectivity index (χ3n) is 3.84. The minimum atomic E-state index is -0.310. The molecule has 5 nitrogen and oxygen atoms in total. The monoisotopic (exact) mass is 350 g/mol. The minimum absolute atomic E-state index is 0.181. The van der Waals surface area contributed by atoms with Gasteiger partial charge in [0.05, 0.1) is 6.20 Å². The van der Waals surface area contributed by atoms with Crippen molar-refractivity contribution in [2.75, 3.05) is 32.4 Å². The molecule has 0 bridgehead atoms. The molecule has 7 heteroatoms. The van der Waals surface area contributed by atoms with Gasteiger partial charge in [0, 0.05) is 18.8 Å². The average molecular weight is 350 g/mol. The molecule has 0 spiro atoms. The van der Waals surface area contributed by atoms with Gasteiger partial charge in [-0.2, -0.15) is 0 Å². The molecule has 0 radical (unpaired) electrons. The number of aromatic nitrogens is 2. The van der Waals surface area contributed by atoms with E-state index in [4.69, 9.17) is 0 Å². The number of benzene rings is 1. The van der Waals surface area contributed by atoms with Crippen molar-refractivity contribution < 1.29 is 9.18 Å². The maximum absolute atomic E-state index is 13.2. The summed E-state index contributed by atoms with van der Waals surface area (Å²) >= 11 is 1.44. The molecule has 0 aliphatic rings. The lowest BCUT2D eigenvalue weighted by Gasteiger charge is -2.18. The molecule has 1 aromatic carbocycles. The Kier molecular flexibility index (Phi) is 6.81. The molecule has 1 aromatic heterocycles. The van der Waals surface area contributed by atoms with Gasteiger partial charge in [-0.05, 0) is 43.6 Å². The molecule has 0 aliphatic carbocycles. The first-order valence-corrected chi connectivity index (χ1v) is 9.21. The summed E-state index contributed by atoms with van der Waals surface area (Å²) < 4.78 is 14.9. The topological polar surface area (TPSA) is 50.2 Å². The van der Waals surface area contributed by atoms with Gasteiger partial charge in [0.2, 0.25) is 0 Å². The number of rotatable bonds is 8. The highest BCUT2D eigenvalue weighted by atomic mass is 32.2. The Hall–Kier alpha value is -1.86. The van der Waals surface area contributed by atoms with Gasteiger partial charge in [-0.1, -0.05) is 25.6 Å². The lowest BCUT2D eigenvalue weighted by molar-refractivity contribution is 0.0941. The first-order valence-electron chi connectivity index (χ1n) is 7.98. The molecule has 1 amide bonds. The Balaban J connectivity index is 2.16. The molecule has 0 saturated heterocycles. The summed E-state index contributed by atoms with van der Waals surface area (Å²) in [5.41, 5.74) is 1.16. The predicted molar refractivity (Wildman–Crippen MR) is 95.4 cm³/mol. The largest absolute Gasteiger partial charge is 0.349 e. The van der Waals surface area contributed by atoms with E-state index in [1.807, 2.05) is 6.26 Å². The molecule has 1 heterocycles. The Labute approximate surface area is 146 Å². The van der Waals surface area contributed by atoms with Gasteiger partial charge in [0.15, 0.2) is 5.16 Å². The number of amides is 1. The number of halogens is 1. The normalized spacial score (nSPS) is 11.0. The van der Waals surface area contributed by atoms with Crippen LogP contribution in [0.4, 0.5) is 4.39 Å². The summed E-state index contributed by atoms with van der Waals surface area (Å²) in [5, 5.41) is 3.62. The van der Waals surface area contributed by atoms with E-state index in [1.165, 1.54) is 23.9 Å². The average Bonchev–Trinajstić information content (AvgIpc) is 3.03. The maximum atomic E-state index is 13.2. The second-order valence-electron chi connectivity index (χ2n) is 5.22. The minimum Gasteiger partial charge on any atom is -0.349 e. The van der Waals surface area contributed by atoms with Gasteiger partial charge in [-0.3, -0.25) is 9.36 Å². The lowest BCUT2D eigenvalue weighted by Crippen LogP contribution is -2.35. The number of nitrogens with zero attached hydrogens (tertiary/aromatic N) is 3. The first-order chi connectivity index (χ1) is 11.6. The highest BCUT2D eigenvalue weighted by Gasteiger charge is 2.17. The molecule has 0 unspecified atom stereocenters. The smallest absolute Gasteiger partial charge is 0.270 e. The highest BCUT2D eigenvalue weighted by Crippen LogP contribution is 2.21. The zero-order valence-corrected chi connectivity index (χ0v) is 15.1. The van der Waals surface area contributed by atoms with Crippen molar-refractivity contribution in [1.29, 1.82) is 0 Å². The zero-order valence-electron chi connectivity index (χ0n) is 14.3. The number of hydrogen-bond acceptors (Lipinski definition) is 4. The van der Waals surface area contributed by atoms with Crippen LogP contribution in [-0.2, 0) is 0 Å². The van der Waals surface area contributed by atoms with Crippen molar-refractivity contribution in [2.45, 2.75) is 19.0 Å². The van der Waals surface area contributed by atoms with Gasteiger partial charge < -0.3 is 10.2 Å². The number of thioether (sulfide) groups is 1. The van der Waals surface area contributed by atoms with Crippen molar-refractivity contribution >= 4 is 17.7 Å². The van der Waals surface area contributed by atoms with E-state index < -0.39 is 0 Å². The van der Waals surface area contributed by atoms with Crippen LogP contribution in [0, 0.1) is 5.82 Å². The van der Waals surface area contributed by atoms with E-state index in [2.05, 4.69) is 29.0 Å². The fraction of sp³-hybridized carbons (Fsp3) is 0.412. The Morgan fingerprint density at radius 3 is 2.54 bits per heavy atom. The molecule has 130 valence electrons. The zero-order chi connectivity index (χ0) is 17.5. The summed E-state index contributed by atoms with van der Waals surface area (Å²) in [4.78, 5) is 19.1. The van der Waals surface area contributed by atoms with E-state index in [0.717, 1.165) is 19.6 Å². The molecule has 2 rings (SSSR count). The van der Waals surface area contributed by atoms with E-state index in [-0.39, 0.29) is 11.7 Å². The van der Waals surface area contributed by atoms with Crippen LogP contribution < -0.4 is 5.32 Å². The summed E-state index contributed by atoms with van der Waals surface area (Å²) in [7, 11) is 0. The van der Waals surface area contributed by atoms with Crippen molar-refractivity contribution in [2.24, 2.45) is 0 Å². The van der Waals surface area contributed by atoms with Gasteiger partial charge >= 0.3 is 0 Å². The quantitative estimate of drug-likeness (QED) is 0.744. The van der Waals surface area contributed by atoms with Gasteiger partial charge in [-0.15, -0.1) is 0 Å². The van der Waals surface area contributed by atoms with Crippen LogP contribution >= 0.6 is 11.8 Å². The molecule has 24 heavy (non-hydrogen) atoms. The van der Waals surface area contributed by atoms with Crippen molar-refractivity contribution in [1.82, 2.24) is 19.8 Å².